The first-order valence-electron chi connectivity index (χ1n) is 11.2. The Bertz CT molecular complexity index is 1010. The molecule has 1 aromatic rings. The molecule has 3 aliphatic heterocycles. The van der Waals surface area contributed by atoms with Crippen molar-refractivity contribution in [2.45, 2.75) is 58.2 Å². The molecule has 0 aromatic carbocycles. The van der Waals surface area contributed by atoms with Gasteiger partial charge in [-0.15, -0.1) is 0 Å². The van der Waals surface area contributed by atoms with Crippen molar-refractivity contribution >= 4 is 18.5 Å². The molecule has 4 heterocycles. The quantitative estimate of drug-likeness (QED) is 0.697. The van der Waals surface area contributed by atoms with E-state index in [1.54, 1.807) is 16.8 Å². The second-order valence-electron chi connectivity index (χ2n) is 8.71. The molecule has 0 radical (unpaired) electrons. The van der Waals surface area contributed by atoms with E-state index >= 15 is 0 Å². The minimum Gasteiger partial charge on any atom is -0.355 e. The van der Waals surface area contributed by atoms with Crippen LogP contribution in [0.1, 0.15) is 55.3 Å². The van der Waals surface area contributed by atoms with Gasteiger partial charge >= 0.3 is 6.55 Å². The summed E-state index contributed by atoms with van der Waals surface area (Å²) in [5.41, 5.74) is 7.29. The number of hydrazone groups is 1. The smallest absolute Gasteiger partial charge is 0.333 e. The molecule has 33 heavy (non-hydrogen) atoms. The molecular weight excluding hydrogens is 430 g/mol. The third-order valence-corrected chi connectivity index (χ3v) is 6.21. The number of nitrogens with two attached hydrogens (primary N) is 1. The lowest BCUT2D eigenvalue weighted by atomic mass is 10.0. The zero-order valence-corrected chi connectivity index (χ0v) is 19.0. The van der Waals surface area contributed by atoms with E-state index in [4.69, 9.17) is 10.7 Å². The summed E-state index contributed by atoms with van der Waals surface area (Å²) in [5, 5.41) is 9.43. The predicted molar refractivity (Wildman–Crippen MR) is 122 cm³/mol. The van der Waals surface area contributed by atoms with Crippen LogP contribution in [0.5, 0.6) is 0 Å². The molecule has 2 saturated heterocycles. The summed E-state index contributed by atoms with van der Waals surface area (Å²) in [5.74, 6) is 0.913. The molecule has 2 N–H and O–H groups in total. The van der Waals surface area contributed by atoms with Crippen LogP contribution in [0.2, 0.25) is 0 Å². The van der Waals surface area contributed by atoms with Crippen LogP contribution < -0.4 is 5.73 Å². The maximum absolute atomic E-state index is 13.4. The van der Waals surface area contributed by atoms with Gasteiger partial charge in [0.15, 0.2) is 5.82 Å². The Morgan fingerprint density at radius 2 is 2.09 bits per heavy atom. The molecule has 4 rings (SSSR count). The monoisotopic (exact) mass is 460 g/mol. The SMILES string of the molecule is C=NN1C=C(C)C(N2CC[C@H](N)C2)=N/C1=C/C1CCCCN1C(=O)c1cc(C)nn1C(F)F. The second-order valence-corrected chi connectivity index (χ2v) is 8.71. The number of halogens is 2. The van der Waals surface area contributed by atoms with Gasteiger partial charge in [0.1, 0.15) is 11.5 Å². The minimum atomic E-state index is -2.88. The Labute approximate surface area is 191 Å². The van der Waals surface area contributed by atoms with Gasteiger partial charge in [-0.2, -0.15) is 23.7 Å². The highest BCUT2D eigenvalue weighted by molar-refractivity contribution is 5.99. The molecule has 1 aromatic heterocycles. The Kier molecular flexibility index (Phi) is 6.59. The average Bonchev–Trinajstić information content (AvgIpc) is 3.40. The number of amidine groups is 1. The van der Waals surface area contributed by atoms with E-state index in [2.05, 4.69) is 21.8 Å². The predicted octanol–water partition coefficient (Wildman–Crippen LogP) is 2.69. The highest BCUT2D eigenvalue weighted by atomic mass is 19.3. The van der Waals surface area contributed by atoms with Crippen LogP contribution >= 0.6 is 0 Å². The number of hydrogen-bond acceptors (Lipinski definition) is 7. The number of aryl methyl sites for hydroxylation is 1. The second kappa shape index (κ2) is 9.42. The lowest BCUT2D eigenvalue weighted by Crippen LogP contribution is -2.44. The normalized spacial score (nSPS) is 25.0. The van der Waals surface area contributed by atoms with E-state index in [-0.39, 0.29) is 17.8 Å². The number of alkyl halides is 2. The molecule has 2 atom stereocenters. The summed E-state index contributed by atoms with van der Waals surface area (Å²) >= 11 is 0. The Balaban J connectivity index is 1.65. The van der Waals surface area contributed by atoms with Crippen LogP contribution in [0.3, 0.4) is 0 Å². The number of carbonyl (C=O) groups excluding carboxylic acids is 1. The molecule has 9 nitrogen and oxygen atoms in total. The molecule has 0 saturated carbocycles. The summed E-state index contributed by atoms with van der Waals surface area (Å²) in [4.78, 5) is 21.9. The molecule has 0 bridgehead atoms. The molecule has 1 unspecified atom stereocenters. The summed E-state index contributed by atoms with van der Waals surface area (Å²) in [6.45, 7) is 6.33. The van der Waals surface area contributed by atoms with Gasteiger partial charge in [-0.25, -0.2) is 10.0 Å². The summed E-state index contributed by atoms with van der Waals surface area (Å²) in [6.07, 6.45) is 7.05. The fourth-order valence-electron chi connectivity index (χ4n) is 4.61. The van der Waals surface area contributed by atoms with Gasteiger partial charge in [0, 0.05) is 44.2 Å². The van der Waals surface area contributed by atoms with Crippen LogP contribution in [0.15, 0.2) is 39.8 Å². The maximum Gasteiger partial charge on any atom is 0.333 e. The number of nitrogens with zero attached hydrogens (tertiary/aromatic N) is 7. The van der Waals surface area contributed by atoms with Gasteiger partial charge < -0.3 is 15.5 Å². The third-order valence-electron chi connectivity index (χ3n) is 6.21. The van der Waals surface area contributed by atoms with Gasteiger partial charge in [0.2, 0.25) is 0 Å². The van der Waals surface area contributed by atoms with Crippen molar-refractivity contribution in [3.63, 3.8) is 0 Å². The molecule has 11 heteroatoms. The van der Waals surface area contributed by atoms with Crippen molar-refractivity contribution in [2.75, 3.05) is 19.6 Å². The van der Waals surface area contributed by atoms with E-state index in [0.717, 1.165) is 43.8 Å². The zero-order chi connectivity index (χ0) is 23.7. The zero-order valence-electron chi connectivity index (χ0n) is 19.0. The van der Waals surface area contributed by atoms with Gasteiger partial charge in [-0.05, 0) is 51.7 Å². The molecule has 0 spiro atoms. The van der Waals surface area contributed by atoms with E-state index < -0.39 is 12.5 Å². The molecular formula is C22H30F2N8O. The maximum atomic E-state index is 13.4. The number of amides is 1. The summed E-state index contributed by atoms with van der Waals surface area (Å²) in [6, 6.07) is 1.20. The van der Waals surface area contributed by atoms with Crippen LogP contribution in [-0.4, -0.2) is 74.8 Å². The minimum absolute atomic E-state index is 0.109. The topological polar surface area (TPSA) is 95.3 Å². The number of aliphatic imine (C=N–C) groups is 1. The van der Waals surface area contributed by atoms with E-state index in [0.29, 0.717) is 29.2 Å². The van der Waals surface area contributed by atoms with Gasteiger partial charge in [-0.1, -0.05) is 0 Å². The standard InChI is InChI=1S/C22H30F2N8O/c1-14-12-31(26-3)19(27-20(14)29-9-7-16(25)13-29)11-17-6-4-5-8-30(17)21(33)18-10-15(2)28-32(18)22(23)24/h10-12,16-17,22H,3-9,13,25H2,1-2H3/b19-11-/t16-,17?/m0/s1. The fourth-order valence-corrected chi connectivity index (χ4v) is 4.61. The van der Waals surface area contributed by atoms with E-state index in [9.17, 15) is 13.6 Å². The third kappa shape index (κ3) is 4.68. The van der Waals surface area contributed by atoms with E-state index in [1.165, 1.54) is 6.07 Å². The van der Waals surface area contributed by atoms with E-state index in [1.807, 2.05) is 19.2 Å². The van der Waals surface area contributed by atoms with Crippen molar-refractivity contribution in [1.29, 1.82) is 0 Å². The lowest BCUT2D eigenvalue weighted by Gasteiger charge is -2.35. The van der Waals surface area contributed by atoms with Crippen molar-refractivity contribution < 1.29 is 13.6 Å². The molecule has 0 aliphatic carbocycles. The summed E-state index contributed by atoms with van der Waals surface area (Å²) < 4.78 is 27.4. The van der Waals surface area contributed by atoms with Gasteiger partial charge in [-0.3, -0.25) is 4.79 Å². The van der Waals surface area contributed by atoms with Crippen LogP contribution in [-0.2, 0) is 0 Å². The Morgan fingerprint density at radius 3 is 2.76 bits per heavy atom. The highest BCUT2D eigenvalue weighted by Crippen LogP contribution is 2.27. The first kappa shape index (κ1) is 23.1. The largest absolute Gasteiger partial charge is 0.355 e. The summed E-state index contributed by atoms with van der Waals surface area (Å²) in [7, 11) is 0. The number of aromatic nitrogens is 2. The molecule has 178 valence electrons. The highest BCUT2D eigenvalue weighted by Gasteiger charge is 2.32. The number of hydrogen-bond donors (Lipinski definition) is 1. The van der Waals surface area contributed by atoms with Crippen LogP contribution in [0, 0.1) is 6.92 Å². The molecule has 1 amide bonds. The molecule has 2 fully saturated rings. The van der Waals surface area contributed by atoms with Crippen LogP contribution in [0.25, 0.3) is 0 Å². The van der Waals surface area contributed by atoms with Gasteiger partial charge in [0.05, 0.1) is 11.7 Å². The van der Waals surface area contributed by atoms with Crippen molar-refractivity contribution in [1.82, 2.24) is 24.6 Å². The fraction of sp³-hybridized carbons (Fsp3) is 0.545. The first-order valence-corrected chi connectivity index (χ1v) is 11.2. The van der Waals surface area contributed by atoms with Gasteiger partial charge in [0.25, 0.3) is 5.91 Å². The van der Waals surface area contributed by atoms with Crippen LogP contribution in [0.4, 0.5) is 8.78 Å². The van der Waals surface area contributed by atoms with Crippen molar-refractivity contribution in [3.8, 4) is 0 Å². The lowest BCUT2D eigenvalue weighted by molar-refractivity contribution is 0.0431. The number of piperidine rings is 1. The van der Waals surface area contributed by atoms with Crippen molar-refractivity contribution in [3.05, 3.63) is 41.1 Å². The number of carbonyl (C=O) groups is 1. The number of rotatable bonds is 4. The number of likely N-dealkylation sites (tertiary alicyclic amines) is 2. The Morgan fingerprint density at radius 1 is 1.30 bits per heavy atom. The molecule has 3 aliphatic rings. The first-order chi connectivity index (χ1) is 15.8. The average molecular weight is 461 g/mol. The van der Waals surface area contributed by atoms with Crippen molar-refractivity contribution in [2.24, 2.45) is 15.8 Å². The Hall–Kier alpha value is -3.08.